The van der Waals surface area contributed by atoms with Gasteiger partial charge in [0.15, 0.2) is 0 Å². The molecule has 5 heteroatoms. The van der Waals surface area contributed by atoms with Crippen LogP contribution in [0.4, 0.5) is 4.79 Å². The van der Waals surface area contributed by atoms with Crippen LogP contribution in [-0.2, 0) is 4.79 Å². The molecule has 0 aliphatic heterocycles. The van der Waals surface area contributed by atoms with Crippen LogP contribution in [0.1, 0.15) is 39.0 Å². The van der Waals surface area contributed by atoms with Gasteiger partial charge in [0.1, 0.15) is 0 Å². The number of carboxylic acids is 1. The van der Waals surface area contributed by atoms with Crippen molar-refractivity contribution in [2.75, 3.05) is 13.1 Å². The van der Waals surface area contributed by atoms with E-state index in [0.29, 0.717) is 12.5 Å². The summed E-state index contributed by atoms with van der Waals surface area (Å²) in [6.45, 7) is 3.13. The first-order chi connectivity index (χ1) is 8.08. The minimum atomic E-state index is -0.897. The summed E-state index contributed by atoms with van der Waals surface area (Å²) in [5.74, 6) is 0.431. The molecule has 0 spiro atoms. The van der Waals surface area contributed by atoms with E-state index in [1.165, 1.54) is 25.7 Å². The van der Waals surface area contributed by atoms with E-state index in [1.54, 1.807) is 0 Å². The zero-order valence-corrected chi connectivity index (χ0v) is 10.4. The lowest BCUT2D eigenvalue weighted by Gasteiger charge is -2.26. The maximum atomic E-state index is 11.3. The van der Waals surface area contributed by atoms with E-state index < -0.39 is 5.97 Å². The second kappa shape index (κ2) is 7.14. The molecule has 2 amide bonds. The Bertz CT molecular complexity index is 268. The highest BCUT2D eigenvalue weighted by Gasteiger charge is 2.19. The molecule has 0 aromatic rings. The van der Waals surface area contributed by atoms with Gasteiger partial charge in [-0.25, -0.2) is 4.79 Å². The highest BCUT2D eigenvalue weighted by Crippen LogP contribution is 2.27. The van der Waals surface area contributed by atoms with Gasteiger partial charge in [-0.1, -0.05) is 19.8 Å². The summed E-state index contributed by atoms with van der Waals surface area (Å²) in [7, 11) is 0. The van der Waals surface area contributed by atoms with Gasteiger partial charge in [0.2, 0.25) is 0 Å². The molecule has 1 aliphatic rings. The zero-order chi connectivity index (χ0) is 12.7. The maximum absolute atomic E-state index is 11.3. The lowest BCUT2D eigenvalue weighted by Crippen LogP contribution is -2.39. The molecule has 1 fully saturated rings. The third-order valence-corrected chi connectivity index (χ3v) is 3.22. The standard InChI is InChI=1S/C12H22N2O3/c1-9-3-2-4-10(7-9)8-14-12(17)13-6-5-11(15)16/h9-10H,2-8H2,1H3,(H,15,16)(H2,13,14,17). The van der Waals surface area contributed by atoms with Crippen molar-refractivity contribution < 1.29 is 14.7 Å². The second-order valence-corrected chi connectivity index (χ2v) is 4.92. The Morgan fingerprint density at radius 2 is 2.06 bits per heavy atom. The van der Waals surface area contributed by atoms with Crippen LogP contribution in [0.15, 0.2) is 0 Å². The fourth-order valence-corrected chi connectivity index (χ4v) is 2.33. The third kappa shape index (κ3) is 6.14. The van der Waals surface area contributed by atoms with Gasteiger partial charge < -0.3 is 15.7 Å². The molecular weight excluding hydrogens is 220 g/mol. The summed E-state index contributed by atoms with van der Waals surface area (Å²) in [6, 6.07) is -0.260. The number of hydrogen-bond donors (Lipinski definition) is 3. The first kappa shape index (κ1) is 13.8. The predicted molar refractivity (Wildman–Crippen MR) is 64.8 cm³/mol. The monoisotopic (exact) mass is 242 g/mol. The first-order valence-corrected chi connectivity index (χ1v) is 6.31. The van der Waals surface area contributed by atoms with Crippen molar-refractivity contribution >= 4 is 12.0 Å². The molecule has 3 N–H and O–H groups in total. The molecule has 17 heavy (non-hydrogen) atoms. The molecule has 1 rings (SSSR count). The van der Waals surface area contributed by atoms with E-state index in [9.17, 15) is 9.59 Å². The van der Waals surface area contributed by atoms with Crippen LogP contribution in [0.5, 0.6) is 0 Å². The molecule has 98 valence electrons. The van der Waals surface area contributed by atoms with Crippen LogP contribution in [-0.4, -0.2) is 30.2 Å². The second-order valence-electron chi connectivity index (χ2n) is 4.92. The number of carbonyl (C=O) groups excluding carboxylic acids is 1. The smallest absolute Gasteiger partial charge is 0.314 e. The van der Waals surface area contributed by atoms with Gasteiger partial charge in [-0.15, -0.1) is 0 Å². The molecule has 0 bridgehead atoms. The van der Waals surface area contributed by atoms with E-state index in [1.807, 2.05) is 0 Å². The van der Waals surface area contributed by atoms with Gasteiger partial charge in [-0.05, 0) is 24.7 Å². The Balaban J connectivity index is 2.08. The molecule has 2 atom stereocenters. The Labute approximate surface area is 102 Å². The largest absolute Gasteiger partial charge is 0.481 e. The Kier molecular flexibility index (Phi) is 5.80. The van der Waals surface area contributed by atoms with E-state index in [-0.39, 0.29) is 19.0 Å². The Hall–Kier alpha value is -1.26. The van der Waals surface area contributed by atoms with E-state index in [0.717, 1.165) is 5.92 Å². The SMILES string of the molecule is CC1CCCC(CNC(=O)NCCC(=O)O)C1. The van der Waals surface area contributed by atoms with Crippen LogP contribution in [0.3, 0.4) is 0 Å². The Morgan fingerprint density at radius 1 is 1.29 bits per heavy atom. The number of carbonyl (C=O) groups is 2. The predicted octanol–water partition coefficient (Wildman–Crippen LogP) is 1.59. The van der Waals surface area contributed by atoms with E-state index in [2.05, 4.69) is 17.6 Å². The van der Waals surface area contributed by atoms with Gasteiger partial charge in [0, 0.05) is 13.1 Å². The number of urea groups is 1. The summed E-state index contributed by atoms with van der Waals surface area (Å²) < 4.78 is 0. The van der Waals surface area contributed by atoms with Crippen molar-refractivity contribution in [3.63, 3.8) is 0 Å². The molecule has 5 nitrogen and oxygen atoms in total. The normalized spacial score (nSPS) is 24.1. The average molecular weight is 242 g/mol. The van der Waals surface area contributed by atoms with Gasteiger partial charge in [0.25, 0.3) is 0 Å². The van der Waals surface area contributed by atoms with Crippen LogP contribution >= 0.6 is 0 Å². The molecule has 0 heterocycles. The molecule has 0 saturated heterocycles. The van der Waals surface area contributed by atoms with Gasteiger partial charge in [-0.3, -0.25) is 4.79 Å². The average Bonchev–Trinajstić information content (AvgIpc) is 2.26. The van der Waals surface area contributed by atoms with Crippen molar-refractivity contribution in [2.24, 2.45) is 11.8 Å². The number of hydrogen-bond acceptors (Lipinski definition) is 2. The molecule has 1 saturated carbocycles. The summed E-state index contributed by atoms with van der Waals surface area (Å²) in [5.41, 5.74) is 0. The first-order valence-electron chi connectivity index (χ1n) is 6.31. The molecule has 1 aliphatic carbocycles. The fourth-order valence-electron chi connectivity index (χ4n) is 2.33. The van der Waals surface area contributed by atoms with Crippen LogP contribution in [0.2, 0.25) is 0 Å². The summed E-state index contributed by atoms with van der Waals surface area (Å²) in [6.07, 6.45) is 4.86. The van der Waals surface area contributed by atoms with Crippen molar-refractivity contribution in [1.82, 2.24) is 10.6 Å². The topological polar surface area (TPSA) is 78.4 Å². The number of amides is 2. The van der Waals surface area contributed by atoms with Gasteiger partial charge >= 0.3 is 12.0 Å². The number of rotatable bonds is 5. The van der Waals surface area contributed by atoms with Crippen LogP contribution in [0.25, 0.3) is 0 Å². The Morgan fingerprint density at radius 3 is 2.71 bits per heavy atom. The molecule has 2 unspecified atom stereocenters. The summed E-state index contributed by atoms with van der Waals surface area (Å²) in [5, 5.41) is 13.8. The van der Waals surface area contributed by atoms with E-state index >= 15 is 0 Å². The van der Waals surface area contributed by atoms with Crippen molar-refractivity contribution in [3.8, 4) is 0 Å². The van der Waals surface area contributed by atoms with Gasteiger partial charge in [-0.2, -0.15) is 0 Å². The fraction of sp³-hybridized carbons (Fsp3) is 0.833. The number of carboxylic acid groups (broad SMARTS) is 1. The van der Waals surface area contributed by atoms with Crippen LogP contribution < -0.4 is 10.6 Å². The number of nitrogens with one attached hydrogen (secondary N) is 2. The summed E-state index contributed by atoms with van der Waals surface area (Å²) >= 11 is 0. The zero-order valence-electron chi connectivity index (χ0n) is 10.4. The van der Waals surface area contributed by atoms with Gasteiger partial charge in [0.05, 0.1) is 6.42 Å². The van der Waals surface area contributed by atoms with E-state index in [4.69, 9.17) is 5.11 Å². The van der Waals surface area contributed by atoms with Crippen molar-refractivity contribution in [2.45, 2.75) is 39.0 Å². The lowest BCUT2D eigenvalue weighted by atomic mass is 9.82. The highest BCUT2D eigenvalue weighted by atomic mass is 16.4. The van der Waals surface area contributed by atoms with Crippen molar-refractivity contribution in [1.29, 1.82) is 0 Å². The van der Waals surface area contributed by atoms with Crippen molar-refractivity contribution in [3.05, 3.63) is 0 Å². The van der Waals surface area contributed by atoms with Crippen LogP contribution in [0, 0.1) is 11.8 Å². The highest BCUT2D eigenvalue weighted by molar-refractivity contribution is 5.74. The summed E-state index contributed by atoms with van der Waals surface area (Å²) in [4.78, 5) is 21.6. The molecule has 0 aromatic heterocycles. The molecular formula is C12H22N2O3. The minimum absolute atomic E-state index is 0.0338. The number of aliphatic carboxylic acids is 1. The quantitative estimate of drug-likeness (QED) is 0.685. The molecule has 0 aromatic carbocycles. The lowest BCUT2D eigenvalue weighted by molar-refractivity contribution is -0.136. The minimum Gasteiger partial charge on any atom is -0.481 e. The maximum Gasteiger partial charge on any atom is 0.314 e. The third-order valence-electron chi connectivity index (χ3n) is 3.22. The molecule has 0 radical (unpaired) electrons.